The van der Waals surface area contributed by atoms with Crippen LogP contribution in [0.15, 0.2) is 24.3 Å². The number of phenols is 1. The molecule has 6 heteroatoms. The van der Waals surface area contributed by atoms with E-state index in [2.05, 4.69) is 4.98 Å². The maximum Gasteiger partial charge on any atom is 0.201 e. The molecule has 1 unspecified atom stereocenters. The number of hydrogen-bond acceptors (Lipinski definition) is 3. The summed E-state index contributed by atoms with van der Waals surface area (Å²) < 4.78 is 40.8. The van der Waals surface area contributed by atoms with Crippen molar-refractivity contribution in [3.63, 3.8) is 0 Å². The van der Waals surface area contributed by atoms with Gasteiger partial charge in [-0.3, -0.25) is 9.78 Å². The molecule has 1 aliphatic rings. The van der Waals surface area contributed by atoms with E-state index in [4.69, 9.17) is 5.11 Å². The van der Waals surface area contributed by atoms with Crippen LogP contribution in [0.25, 0.3) is 11.3 Å². The van der Waals surface area contributed by atoms with Crippen LogP contribution < -0.4 is 0 Å². The highest BCUT2D eigenvalue weighted by Gasteiger charge is 2.39. The smallest absolute Gasteiger partial charge is 0.201 e. The highest BCUT2D eigenvalue weighted by molar-refractivity contribution is 6.04. The lowest BCUT2D eigenvalue weighted by Crippen LogP contribution is -2.35. The predicted molar refractivity (Wildman–Crippen MR) is 73.4 cm³/mol. The number of nitrogens with zero attached hydrogens (tertiary/aromatic N) is 1. The summed E-state index contributed by atoms with van der Waals surface area (Å²) in [6.45, 7) is 1.23. The van der Waals surface area contributed by atoms with Gasteiger partial charge in [-0.25, -0.2) is 13.2 Å². The molecule has 0 bridgehead atoms. The largest absolute Gasteiger partial charge is 0.503 e. The molecule has 3 nitrogen and oxygen atoms in total. The van der Waals surface area contributed by atoms with Crippen molar-refractivity contribution in [2.75, 3.05) is 0 Å². The fraction of sp³-hybridized carbons (Fsp3) is 0.250. The Labute approximate surface area is 124 Å². The molecule has 3 rings (SSSR count). The number of benzene rings is 1. The molecule has 1 aromatic heterocycles. The van der Waals surface area contributed by atoms with Crippen molar-refractivity contribution >= 4 is 5.78 Å². The number of ketones is 1. The van der Waals surface area contributed by atoms with Gasteiger partial charge in [0.05, 0.1) is 11.4 Å². The number of aryl methyl sites for hydroxylation is 1. The molecule has 2 aromatic rings. The number of aromatic hydroxyl groups is 1. The maximum absolute atomic E-state index is 14.0. The van der Waals surface area contributed by atoms with Gasteiger partial charge in [0.2, 0.25) is 5.78 Å². The number of carbonyl (C=O) groups is 1. The molecule has 0 saturated heterocycles. The van der Waals surface area contributed by atoms with Gasteiger partial charge in [0.25, 0.3) is 0 Å². The highest BCUT2D eigenvalue weighted by atomic mass is 19.1. The Bertz CT molecular complexity index is 764. The third-order valence-electron chi connectivity index (χ3n) is 3.84. The van der Waals surface area contributed by atoms with Crippen molar-refractivity contribution in [3.8, 4) is 17.0 Å². The molecule has 1 N–H and O–H groups in total. The zero-order valence-electron chi connectivity index (χ0n) is 11.7. The zero-order chi connectivity index (χ0) is 16.1. The molecular formula is C16H12F3NO2. The van der Waals surface area contributed by atoms with Gasteiger partial charge in [-0.2, -0.15) is 0 Å². The second-order valence-corrected chi connectivity index (χ2v) is 5.51. The van der Waals surface area contributed by atoms with Gasteiger partial charge < -0.3 is 5.11 Å². The molecule has 0 fully saturated rings. The summed E-state index contributed by atoms with van der Waals surface area (Å²) in [6.07, 6.45) is 0.290. The van der Waals surface area contributed by atoms with E-state index in [0.29, 0.717) is 5.69 Å². The van der Waals surface area contributed by atoms with E-state index >= 15 is 0 Å². The van der Waals surface area contributed by atoms with Crippen LogP contribution in [0.3, 0.4) is 0 Å². The number of phenolic OH excluding ortho intramolecular Hbond substituents is 1. The molecule has 22 heavy (non-hydrogen) atoms. The Hall–Kier alpha value is -2.37. The number of halogens is 3. The van der Waals surface area contributed by atoms with E-state index in [1.165, 1.54) is 19.1 Å². The minimum absolute atomic E-state index is 0.0214. The molecule has 1 atom stereocenters. The minimum atomic E-state index is -1.91. The van der Waals surface area contributed by atoms with Crippen LogP contribution in [0.1, 0.15) is 29.4 Å². The van der Waals surface area contributed by atoms with Crippen molar-refractivity contribution in [3.05, 3.63) is 47.2 Å². The Morgan fingerprint density at radius 3 is 2.50 bits per heavy atom. The molecule has 1 aliphatic carbocycles. The fourth-order valence-corrected chi connectivity index (χ4v) is 2.52. The van der Waals surface area contributed by atoms with E-state index < -0.39 is 28.8 Å². The molecule has 1 aromatic carbocycles. The van der Waals surface area contributed by atoms with E-state index in [1.54, 1.807) is 0 Å². The standard InChI is InChI=1S/C16H12F3NO2/c1-16(19)5-4-13-9(15(16)22)2-3-12(20-13)8-6-10(17)14(21)11(18)7-8/h2-3,6-7,21H,4-5H2,1H3. The molecule has 114 valence electrons. The third-order valence-corrected chi connectivity index (χ3v) is 3.84. The first-order valence-electron chi connectivity index (χ1n) is 6.71. The molecule has 0 amide bonds. The SMILES string of the molecule is CC1(F)CCc2nc(-c3cc(F)c(O)c(F)c3)ccc2C1=O. The van der Waals surface area contributed by atoms with Crippen molar-refractivity contribution in [2.45, 2.75) is 25.4 Å². The Morgan fingerprint density at radius 2 is 1.86 bits per heavy atom. The molecule has 0 radical (unpaired) electrons. The van der Waals surface area contributed by atoms with Crippen LogP contribution in [-0.4, -0.2) is 21.5 Å². The number of fused-ring (bicyclic) bond motifs is 1. The lowest BCUT2D eigenvalue weighted by molar-refractivity contribution is 0.0682. The number of pyridine rings is 1. The lowest BCUT2D eigenvalue weighted by Gasteiger charge is -2.25. The van der Waals surface area contributed by atoms with Crippen LogP contribution >= 0.6 is 0 Å². The summed E-state index contributed by atoms with van der Waals surface area (Å²) in [5.41, 5.74) is -0.915. The van der Waals surface area contributed by atoms with Crippen molar-refractivity contribution in [1.29, 1.82) is 0 Å². The zero-order valence-corrected chi connectivity index (χ0v) is 11.7. The summed E-state index contributed by atoms with van der Waals surface area (Å²) in [5.74, 6) is -3.87. The molecule has 0 saturated carbocycles. The van der Waals surface area contributed by atoms with Gasteiger partial charge in [0.1, 0.15) is 0 Å². The molecule has 0 spiro atoms. The summed E-state index contributed by atoms with van der Waals surface area (Å²) >= 11 is 0. The lowest BCUT2D eigenvalue weighted by atomic mass is 9.84. The average molecular weight is 307 g/mol. The first-order valence-corrected chi connectivity index (χ1v) is 6.71. The van der Waals surface area contributed by atoms with Gasteiger partial charge in [-0.15, -0.1) is 0 Å². The highest BCUT2D eigenvalue weighted by Crippen LogP contribution is 2.33. The third kappa shape index (κ3) is 2.24. The summed E-state index contributed by atoms with van der Waals surface area (Å²) in [4.78, 5) is 16.2. The second kappa shape index (κ2) is 4.83. The monoisotopic (exact) mass is 307 g/mol. The summed E-state index contributed by atoms with van der Waals surface area (Å²) in [5, 5.41) is 9.11. The second-order valence-electron chi connectivity index (χ2n) is 5.51. The number of alkyl halides is 1. The van der Waals surface area contributed by atoms with Crippen molar-refractivity contribution < 1.29 is 23.1 Å². The van der Waals surface area contributed by atoms with Crippen LogP contribution in [0.2, 0.25) is 0 Å². The van der Waals surface area contributed by atoms with E-state index in [0.717, 1.165) is 12.1 Å². The van der Waals surface area contributed by atoms with Gasteiger partial charge >= 0.3 is 0 Å². The van der Waals surface area contributed by atoms with E-state index in [-0.39, 0.29) is 29.7 Å². The molecule has 0 aliphatic heterocycles. The van der Waals surface area contributed by atoms with E-state index in [1.807, 2.05) is 0 Å². The number of rotatable bonds is 1. The first kappa shape index (κ1) is 14.6. The van der Waals surface area contributed by atoms with Crippen LogP contribution in [0.5, 0.6) is 5.75 Å². The average Bonchev–Trinajstić information content (AvgIpc) is 2.48. The Balaban J connectivity index is 2.07. The van der Waals surface area contributed by atoms with Crippen molar-refractivity contribution in [2.24, 2.45) is 0 Å². The van der Waals surface area contributed by atoms with Crippen LogP contribution in [0.4, 0.5) is 13.2 Å². The maximum atomic E-state index is 14.0. The van der Waals surface area contributed by atoms with Crippen LogP contribution in [-0.2, 0) is 6.42 Å². The van der Waals surface area contributed by atoms with Gasteiger partial charge in [0.15, 0.2) is 23.1 Å². The van der Waals surface area contributed by atoms with Gasteiger partial charge in [0, 0.05) is 11.1 Å². The van der Waals surface area contributed by atoms with Gasteiger partial charge in [-0.1, -0.05) is 0 Å². The minimum Gasteiger partial charge on any atom is -0.503 e. The first-order chi connectivity index (χ1) is 10.3. The number of aromatic nitrogens is 1. The summed E-state index contributed by atoms with van der Waals surface area (Å²) in [6, 6.07) is 4.73. The molecule has 1 heterocycles. The quantitative estimate of drug-likeness (QED) is 0.876. The predicted octanol–water partition coefficient (Wildman–Crippen LogP) is 3.59. The number of Topliss-reactive ketones (excluding diaryl/α,β-unsaturated/α-hetero) is 1. The van der Waals surface area contributed by atoms with E-state index in [9.17, 15) is 18.0 Å². The van der Waals surface area contributed by atoms with Crippen LogP contribution in [0, 0.1) is 11.6 Å². The number of carbonyl (C=O) groups excluding carboxylic acids is 1. The van der Waals surface area contributed by atoms with Crippen molar-refractivity contribution in [1.82, 2.24) is 4.98 Å². The number of hydrogen-bond donors (Lipinski definition) is 1. The fourth-order valence-electron chi connectivity index (χ4n) is 2.52. The normalized spacial score (nSPS) is 20.8. The Kier molecular flexibility index (Phi) is 3.20. The summed E-state index contributed by atoms with van der Waals surface area (Å²) in [7, 11) is 0. The molecular weight excluding hydrogens is 295 g/mol. The van der Waals surface area contributed by atoms with Gasteiger partial charge in [-0.05, 0) is 44.0 Å². The topological polar surface area (TPSA) is 50.2 Å². The Morgan fingerprint density at radius 1 is 1.23 bits per heavy atom.